The molecule has 0 spiro atoms. The lowest BCUT2D eigenvalue weighted by Gasteiger charge is -2.09. The average molecular weight is 447 g/mol. The highest BCUT2D eigenvalue weighted by atomic mass is 15.0. The molecule has 4 heteroatoms. The highest BCUT2D eigenvalue weighted by Crippen LogP contribution is 2.48. The van der Waals surface area contributed by atoms with E-state index in [4.69, 9.17) is 4.98 Å². The van der Waals surface area contributed by atoms with Crippen LogP contribution in [0.5, 0.6) is 0 Å². The van der Waals surface area contributed by atoms with E-state index in [1.54, 1.807) is 0 Å². The van der Waals surface area contributed by atoms with E-state index in [1.807, 2.05) is 24.8 Å². The first-order chi connectivity index (χ1) is 17.3. The van der Waals surface area contributed by atoms with E-state index >= 15 is 0 Å². The van der Waals surface area contributed by atoms with Crippen LogP contribution < -0.4 is 0 Å². The third kappa shape index (κ3) is 2.15. The molecule has 3 aromatic carbocycles. The van der Waals surface area contributed by atoms with Gasteiger partial charge in [0.15, 0.2) is 0 Å². The Bertz CT molecular complexity index is 2070. The molecule has 0 bridgehead atoms. The summed E-state index contributed by atoms with van der Waals surface area (Å²) < 4.78 is 2.28. The minimum absolute atomic E-state index is 0.963. The van der Waals surface area contributed by atoms with Crippen LogP contribution in [0, 0.1) is 0 Å². The number of hydrogen-bond donors (Lipinski definition) is 0. The first kappa shape index (κ1) is 17.8. The first-order valence-electron chi connectivity index (χ1n) is 12.0. The van der Waals surface area contributed by atoms with Crippen LogP contribution in [0.15, 0.2) is 85.5 Å². The Kier molecular flexibility index (Phi) is 3.11. The summed E-state index contributed by atoms with van der Waals surface area (Å²) in [4.78, 5) is 14.0. The fraction of sp³-hybridized carbons (Fsp3) is 0.0645. The van der Waals surface area contributed by atoms with Gasteiger partial charge in [0.05, 0.1) is 22.7 Å². The van der Waals surface area contributed by atoms with Gasteiger partial charge < -0.3 is 0 Å². The molecule has 4 aromatic heterocycles. The lowest BCUT2D eigenvalue weighted by molar-refractivity contribution is 1.23. The van der Waals surface area contributed by atoms with Crippen LogP contribution in [-0.2, 0) is 12.8 Å². The molecule has 0 aliphatic heterocycles. The highest BCUT2D eigenvalue weighted by Gasteiger charge is 2.29. The molecule has 4 heterocycles. The SMILES string of the molecule is c1ccc2c(c1)Cc1c-2ccc2c1-c1cc3nc4c5ccncc5c5ccncc5n4c3cc1C2. The van der Waals surface area contributed by atoms with Gasteiger partial charge in [0.2, 0.25) is 0 Å². The molecule has 0 fully saturated rings. The molecule has 0 saturated carbocycles. The standard InChI is InChI=1S/C31H18N4/c1-2-4-20-17(3-1)12-25-21(20)6-5-18-11-19-13-28-27(14-24(19)30(18)25)34-31-23-8-10-32-15-26(23)22-7-9-33-16-29(22)35(28)31/h1-10,13-16H,11-12H2. The number of rotatable bonds is 0. The molecule has 2 aliphatic carbocycles. The van der Waals surface area contributed by atoms with Crippen molar-refractivity contribution >= 4 is 38.4 Å². The molecule has 0 atom stereocenters. The second-order valence-electron chi connectivity index (χ2n) is 9.72. The predicted molar refractivity (Wildman–Crippen MR) is 140 cm³/mol. The third-order valence-corrected chi connectivity index (χ3v) is 8.00. The molecule has 0 amide bonds. The zero-order valence-corrected chi connectivity index (χ0v) is 18.8. The van der Waals surface area contributed by atoms with Crippen LogP contribution in [0.25, 0.3) is 60.6 Å². The van der Waals surface area contributed by atoms with Crippen LogP contribution in [0.3, 0.4) is 0 Å². The monoisotopic (exact) mass is 446 g/mol. The van der Waals surface area contributed by atoms with Crippen molar-refractivity contribution in [2.45, 2.75) is 12.8 Å². The van der Waals surface area contributed by atoms with Crippen molar-refractivity contribution in [1.29, 1.82) is 0 Å². The Morgan fingerprint density at radius 1 is 0.629 bits per heavy atom. The number of benzene rings is 3. The smallest absolute Gasteiger partial charge is 0.146 e. The molecule has 9 rings (SSSR count). The molecular weight excluding hydrogens is 428 g/mol. The molecule has 0 unspecified atom stereocenters. The summed E-state index contributed by atoms with van der Waals surface area (Å²) in [6, 6.07) is 22.3. The summed E-state index contributed by atoms with van der Waals surface area (Å²) in [7, 11) is 0. The quantitative estimate of drug-likeness (QED) is 0.243. The van der Waals surface area contributed by atoms with E-state index in [-0.39, 0.29) is 0 Å². The van der Waals surface area contributed by atoms with Gasteiger partial charge in [-0.05, 0) is 81.6 Å². The lowest BCUT2D eigenvalue weighted by Crippen LogP contribution is -1.93. The maximum atomic E-state index is 5.18. The molecule has 0 saturated heterocycles. The van der Waals surface area contributed by atoms with Gasteiger partial charge in [-0.2, -0.15) is 0 Å². The van der Waals surface area contributed by atoms with Crippen molar-refractivity contribution in [3.63, 3.8) is 0 Å². The average Bonchev–Trinajstić information content (AvgIpc) is 3.58. The van der Waals surface area contributed by atoms with Crippen molar-refractivity contribution in [2.24, 2.45) is 0 Å². The van der Waals surface area contributed by atoms with Gasteiger partial charge in [-0.1, -0.05) is 36.4 Å². The fourth-order valence-corrected chi connectivity index (χ4v) is 6.51. The van der Waals surface area contributed by atoms with Crippen LogP contribution in [0.1, 0.15) is 22.3 Å². The van der Waals surface area contributed by atoms with Crippen molar-refractivity contribution in [2.75, 3.05) is 0 Å². The van der Waals surface area contributed by atoms with Crippen LogP contribution in [0.2, 0.25) is 0 Å². The van der Waals surface area contributed by atoms with Gasteiger partial charge in [-0.25, -0.2) is 4.98 Å². The Morgan fingerprint density at radius 3 is 2.49 bits per heavy atom. The van der Waals surface area contributed by atoms with Gasteiger partial charge in [-0.3, -0.25) is 14.4 Å². The molecule has 0 radical (unpaired) electrons. The molecule has 35 heavy (non-hydrogen) atoms. The highest BCUT2D eigenvalue weighted by molar-refractivity contribution is 6.13. The van der Waals surface area contributed by atoms with Crippen LogP contribution in [-0.4, -0.2) is 19.4 Å². The summed E-state index contributed by atoms with van der Waals surface area (Å²) in [5.41, 5.74) is 15.4. The maximum Gasteiger partial charge on any atom is 0.146 e. The Labute approximate surface area is 200 Å². The van der Waals surface area contributed by atoms with Gasteiger partial charge in [0.25, 0.3) is 0 Å². The van der Waals surface area contributed by atoms with E-state index < -0.39 is 0 Å². The molecule has 162 valence electrons. The van der Waals surface area contributed by atoms with E-state index in [1.165, 1.54) is 44.5 Å². The van der Waals surface area contributed by atoms with E-state index in [0.717, 1.165) is 51.2 Å². The molecular formula is C31H18N4. The summed E-state index contributed by atoms with van der Waals surface area (Å²) in [5.74, 6) is 0. The van der Waals surface area contributed by atoms with E-state index in [2.05, 4.69) is 75.0 Å². The predicted octanol–water partition coefficient (Wildman–Crippen LogP) is 6.73. The summed E-state index contributed by atoms with van der Waals surface area (Å²) in [5, 5.41) is 3.38. The van der Waals surface area contributed by atoms with E-state index in [9.17, 15) is 0 Å². The van der Waals surface area contributed by atoms with Crippen LogP contribution in [0.4, 0.5) is 0 Å². The summed E-state index contributed by atoms with van der Waals surface area (Å²) in [6.07, 6.45) is 9.56. The van der Waals surface area contributed by atoms with Crippen LogP contribution >= 0.6 is 0 Å². The molecule has 4 nitrogen and oxygen atoms in total. The Hall–Kier alpha value is -4.57. The third-order valence-electron chi connectivity index (χ3n) is 8.00. The Balaban J connectivity index is 1.38. The summed E-state index contributed by atoms with van der Waals surface area (Å²) >= 11 is 0. The largest absolute Gasteiger partial charge is 0.290 e. The van der Waals surface area contributed by atoms with E-state index in [0.29, 0.717) is 0 Å². The fourth-order valence-electron chi connectivity index (χ4n) is 6.51. The zero-order chi connectivity index (χ0) is 22.7. The van der Waals surface area contributed by atoms with Crippen molar-refractivity contribution in [1.82, 2.24) is 19.4 Å². The number of hydrogen-bond acceptors (Lipinski definition) is 3. The molecule has 2 aliphatic rings. The minimum atomic E-state index is 0.963. The minimum Gasteiger partial charge on any atom is -0.290 e. The van der Waals surface area contributed by atoms with Crippen molar-refractivity contribution in [3.05, 3.63) is 108 Å². The van der Waals surface area contributed by atoms with Gasteiger partial charge in [0.1, 0.15) is 5.65 Å². The normalized spacial score (nSPS) is 13.5. The number of imidazole rings is 1. The maximum absolute atomic E-state index is 5.18. The molecule has 7 aromatic rings. The van der Waals surface area contributed by atoms with Crippen molar-refractivity contribution in [3.8, 4) is 22.3 Å². The van der Waals surface area contributed by atoms with Gasteiger partial charge >= 0.3 is 0 Å². The topological polar surface area (TPSA) is 43.1 Å². The Morgan fingerprint density at radius 2 is 1.51 bits per heavy atom. The zero-order valence-electron chi connectivity index (χ0n) is 18.8. The lowest BCUT2D eigenvalue weighted by atomic mass is 9.95. The van der Waals surface area contributed by atoms with Crippen molar-refractivity contribution < 1.29 is 0 Å². The van der Waals surface area contributed by atoms with Gasteiger partial charge in [0, 0.05) is 34.7 Å². The molecule has 0 N–H and O–H groups in total. The van der Waals surface area contributed by atoms with Gasteiger partial charge in [-0.15, -0.1) is 0 Å². The first-order valence-corrected chi connectivity index (χ1v) is 12.0. The number of fused-ring (bicyclic) bond motifs is 15. The second-order valence-corrected chi connectivity index (χ2v) is 9.72. The number of nitrogens with zero attached hydrogens (tertiary/aromatic N) is 4. The summed E-state index contributed by atoms with van der Waals surface area (Å²) in [6.45, 7) is 0. The number of pyridine rings is 3. The second kappa shape index (κ2) is 6.10. The number of aromatic nitrogens is 4.